The summed E-state index contributed by atoms with van der Waals surface area (Å²) in [6, 6.07) is 15.0. The van der Waals surface area contributed by atoms with Crippen molar-refractivity contribution in [2.24, 2.45) is 5.92 Å². The molecule has 1 aromatic heterocycles. The Morgan fingerprint density at radius 1 is 1.09 bits per heavy atom. The molecule has 23 heavy (non-hydrogen) atoms. The van der Waals surface area contributed by atoms with E-state index in [2.05, 4.69) is 22.4 Å². The summed E-state index contributed by atoms with van der Waals surface area (Å²) in [5.41, 5.74) is 1.34. The zero-order chi connectivity index (χ0) is 16.1. The molecule has 1 unspecified atom stereocenters. The highest BCUT2D eigenvalue weighted by Crippen LogP contribution is 2.36. The molecule has 0 bridgehead atoms. The normalized spacial score (nSPS) is 16.2. The van der Waals surface area contributed by atoms with Crippen LogP contribution in [0.4, 0.5) is 0 Å². The Hall–Kier alpha value is -2.36. The zero-order valence-corrected chi connectivity index (χ0v) is 13.1. The summed E-state index contributed by atoms with van der Waals surface area (Å²) in [4.78, 5) is 26.2. The lowest BCUT2D eigenvalue weighted by Gasteiger charge is -2.24. The maximum absolute atomic E-state index is 12.3. The molecule has 4 heteroatoms. The van der Waals surface area contributed by atoms with Gasteiger partial charge in [-0.05, 0) is 30.4 Å². The van der Waals surface area contributed by atoms with Crippen molar-refractivity contribution in [3.8, 4) is 0 Å². The van der Waals surface area contributed by atoms with Gasteiger partial charge in [-0.2, -0.15) is 0 Å². The van der Waals surface area contributed by atoms with Crippen LogP contribution in [-0.4, -0.2) is 17.4 Å². The second-order valence-electron chi connectivity index (χ2n) is 6.20. The maximum atomic E-state index is 12.3. The zero-order valence-electron chi connectivity index (χ0n) is 13.1. The van der Waals surface area contributed by atoms with Crippen LogP contribution in [0.25, 0.3) is 0 Å². The highest BCUT2D eigenvalue weighted by Gasteiger charge is 2.26. The molecule has 1 aliphatic rings. The summed E-state index contributed by atoms with van der Waals surface area (Å²) in [6.07, 6.45) is 4.98. The Kier molecular flexibility index (Phi) is 4.91. The Balaban J connectivity index is 1.71. The van der Waals surface area contributed by atoms with Crippen LogP contribution in [0.3, 0.4) is 0 Å². The number of aromatic amines is 1. The van der Waals surface area contributed by atoms with Crippen molar-refractivity contribution in [3.63, 3.8) is 0 Å². The first-order valence-electron chi connectivity index (χ1n) is 8.26. The molecule has 3 rings (SSSR count). The predicted octanol–water partition coefficient (Wildman–Crippen LogP) is 3.08. The number of benzene rings is 1. The topological polar surface area (TPSA) is 62.0 Å². The average Bonchev–Trinajstić information content (AvgIpc) is 3.10. The molecule has 4 nitrogen and oxygen atoms in total. The van der Waals surface area contributed by atoms with Crippen LogP contribution in [0.1, 0.15) is 47.7 Å². The predicted molar refractivity (Wildman–Crippen MR) is 90.5 cm³/mol. The van der Waals surface area contributed by atoms with E-state index in [0.29, 0.717) is 24.1 Å². The van der Waals surface area contributed by atoms with Gasteiger partial charge in [-0.15, -0.1) is 0 Å². The van der Waals surface area contributed by atoms with Gasteiger partial charge in [0.1, 0.15) is 5.69 Å². The SMILES string of the molecule is O=C(NCC(c1ccccc1)C1CCCC1)c1cccc(=O)[nH]1. The first kappa shape index (κ1) is 15.5. The third-order valence-corrected chi connectivity index (χ3v) is 4.69. The fourth-order valence-electron chi connectivity index (χ4n) is 3.49. The van der Waals surface area contributed by atoms with Gasteiger partial charge in [-0.1, -0.05) is 49.2 Å². The van der Waals surface area contributed by atoms with E-state index in [9.17, 15) is 9.59 Å². The fourth-order valence-corrected chi connectivity index (χ4v) is 3.49. The minimum absolute atomic E-state index is 0.221. The van der Waals surface area contributed by atoms with E-state index in [0.717, 1.165) is 0 Å². The lowest BCUT2D eigenvalue weighted by atomic mass is 9.85. The molecule has 1 atom stereocenters. The van der Waals surface area contributed by atoms with E-state index >= 15 is 0 Å². The number of aromatic nitrogens is 1. The van der Waals surface area contributed by atoms with E-state index in [1.54, 1.807) is 12.1 Å². The molecule has 1 amide bonds. The van der Waals surface area contributed by atoms with Crippen LogP contribution in [-0.2, 0) is 0 Å². The van der Waals surface area contributed by atoms with Gasteiger partial charge in [-0.25, -0.2) is 0 Å². The van der Waals surface area contributed by atoms with Gasteiger partial charge < -0.3 is 10.3 Å². The number of amides is 1. The molecule has 1 aromatic carbocycles. The minimum atomic E-state index is -0.256. The Bertz CT molecular complexity index is 703. The molecule has 1 heterocycles. The number of nitrogens with one attached hydrogen (secondary N) is 2. The molecule has 0 spiro atoms. The van der Waals surface area contributed by atoms with Crippen LogP contribution in [0.2, 0.25) is 0 Å². The van der Waals surface area contributed by atoms with Gasteiger partial charge >= 0.3 is 0 Å². The van der Waals surface area contributed by atoms with Gasteiger partial charge in [0.25, 0.3) is 5.91 Å². The van der Waals surface area contributed by atoms with Crippen LogP contribution in [0.5, 0.6) is 0 Å². The van der Waals surface area contributed by atoms with Gasteiger partial charge in [-0.3, -0.25) is 9.59 Å². The quantitative estimate of drug-likeness (QED) is 0.891. The number of rotatable bonds is 5. The number of H-pyrrole nitrogens is 1. The molecule has 2 aromatic rings. The van der Waals surface area contributed by atoms with Gasteiger partial charge in [0, 0.05) is 18.5 Å². The summed E-state index contributed by atoms with van der Waals surface area (Å²) in [7, 11) is 0. The fraction of sp³-hybridized carbons (Fsp3) is 0.368. The summed E-state index contributed by atoms with van der Waals surface area (Å²) < 4.78 is 0. The highest BCUT2D eigenvalue weighted by molar-refractivity contribution is 5.92. The molecule has 0 saturated heterocycles. The largest absolute Gasteiger partial charge is 0.350 e. The van der Waals surface area contributed by atoms with Gasteiger partial charge in [0.2, 0.25) is 5.56 Å². The molecule has 1 saturated carbocycles. The molecule has 1 aliphatic carbocycles. The second-order valence-corrected chi connectivity index (χ2v) is 6.20. The van der Waals surface area contributed by atoms with Crippen molar-refractivity contribution in [2.45, 2.75) is 31.6 Å². The number of hydrogen-bond donors (Lipinski definition) is 2. The van der Waals surface area contributed by atoms with Gasteiger partial charge in [0.05, 0.1) is 0 Å². The van der Waals surface area contributed by atoms with Crippen molar-refractivity contribution >= 4 is 5.91 Å². The first-order valence-corrected chi connectivity index (χ1v) is 8.26. The van der Waals surface area contributed by atoms with Gasteiger partial charge in [0.15, 0.2) is 0 Å². The maximum Gasteiger partial charge on any atom is 0.267 e. The molecule has 120 valence electrons. The summed E-state index contributed by atoms with van der Waals surface area (Å²) in [5, 5.41) is 2.99. The van der Waals surface area contributed by atoms with Crippen molar-refractivity contribution < 1.29 is 4.79 Å². The summed E-state index contributed by atoms with van der Waals surface area (Å²) in [6.45, 7) is 0.602. The van der Waals surface area contributed by atoms with Crippen molar-refractivity contribution in [2.75, 3.05) is 6.54 Å². The van der Waals surface area contributed by atoms with E-state index in [-0.39, 0.29) is 11.5 Å². The highest BCUT2D eigenvalue weighted by atomic mass is 16.2. The smallest absolute Gasteiger partial charge is 0.267 e. The van der Waals surface area contributed by atoms with Crippen molar-refractivity contribution in [1.82, 2.24) is 10.3 Å². The first-order chi connectivity index (χ1) is 11.2. The summed E-state index contributed by atoms with van der Waals surface area (Å²) in [5.74, 6) is 0.729. The van der Waals surface area contributed by atoms with E-state index in [1.807, 2.05) is 18.2 Å². The lowest BCUT2D eigenvalue weighted by Crippen LogP contribution is -2.32. The number of hydrogen-bond acceptors (Lipinski definition) is 2. The third kappa shape index (κ3) is 3.89. The lowest BCUT2D eigenvalue weighted by molar-refractivity contribution is 0.0943. The molecule has 0 aliphatic heterocycles. The molecule has 1 fully saturated rings. The Morgan fingerprint density at radius 3 is 2.52 bits per heavy atom. The van der Waals surface area contributed by atoms with Crippen LogP contribution < -0.4 is 10.9 Å². The Morgan fingerprint density at radius 2 is 1.83 bits per heavy atom. The molecular weight excluding hydrogens is 288 g/mol. The monoisotopic (exact) mass is 310 g/mol. The molecular formula is C19H22N2O2. The Labute approximate surface area is 135 Å². The second kappa shape index (κ2) is 7.27. The standard InChI is InChI=1S/C19H22N2O2/c22-18-12-6-11-17(21-18)19(23)20-13-16(15-9-4-5-10-15)14-7-2-1-3-8-14/h1-3,6-8,11-12,15-16H,4-5,9-10,13H2,(H,20,23)(H,21,22). The van der Waals surface area contributed by atoms with Crippen LogP contribution in [0.15, 0.2) is 53.3 Å². The van der Waals surface area contributed by atoms with E-state index < -0.39 is 0 Å². The van der Waals surface area contributed by atoms with E-state index in [1.165, 1.54) is 37.3 Å². The van der Waals surface area contributed by atoms with Crippen LogP contribution in [0, 0.1) is 5.92 Å². The van der Waals surface area contributed by atoms with Crippen molar-refractivity contribution in [1.29, 1.82) is 0 Å². The molecule has 0 radical (unpaired) electrons. The molecule has 2 N–H and O–H groups in total. The van der Waals surface area contributed by atoms with Crippen molar-refractivity contribution in [3.05, 3.63) is 70.1 Å². The number of carbonyl (C=O) groups excluding carboxylic acids is 1. The summed E-state index contributed by atoms with van der Waals surface area (Å²) >= 11 is 0. The average molecular weight is 310 g/mol. The third-order valence-electron chi connectivity index (χ3n) is 4.69. The van der Waals surface area contributed by atoms with Crippen LogP contribution >= 0.6 is 0 Å². The minimum Gasteiger partial charge on any atom is -0.350 e. The number of pyridine rings is 1. The van der Waals surface area contributed by atoms with E-state index in [4.69, 9.17) is 0 Å². The number of carbonyl (C=O) groups is 1.